The SMILES string of the molecule is NC(=O)c1cccc(-c2ccc3nc(NC(=O)Cn4cccn4)nn3c2)c1. The number of carbonyl (C=O) groups excluding carboxylic acids is 2. The minimum Gasteiger partial charge on any atom is -0.366 e. The Morgan fingerprint density at radius 2 is 2.00 bits per heavy atom. The zero-order valence-electron chi connectivity index (χ0n) is 14.1. The van der Waals surface area contributed by atoms with Gasteiger partial charge in [-0.25, -0.2) is 4.52 Å². The number of hydrogen-bond acceptors (Lipinski definition) is 5. The largest absolute Gasteiger partial charge is 0.366 e. The molecule has 9 nitrogen and oxygen atoms in total. The van der Waals surface area contributed by atoms with Gasteiger partial charge in [0.15, 0.2) is 5.65 Å². The van der Waals surface area contributed by atoms with Crippen molar-refractivity contribution in [3.63, 3.8) is 0 Å². The number of carbonyl (C=O) groups is 2. The third-order valence-electron chi connectivity index (χ3n) is 3.93. The van der Waals surface area contributed by atoms with Crippen molar-refractivity contribution in [2.45, 2.75) is 6.54 Å². The standard InChI is InChI=1S/C18H15N7O2/c19-17(27)13-4-1-3-12(9-13)14-5-6-15-21-18(23-25(15)10-14)22-16(26)11-24-8-2-7-20-24/h1-10H,11H2,(H2,19,27)(H,22,23,26). The van der Waals surface area contributed by atoms with Gasteiger partial charge in [0, 0.05) is 29.7 Å². The van der Waals surface area contributed by atoms with E-state index in [1.165, 1.54) is 4.68 Å². The van der Waals surface area contributed by atoms with Crippen LogP contribution in [0, 0.1) is 0 Å². The number of nitrogens with two attached hydrogens (primary N) is 1. The molecule has 3 aromatic heterocycles. The molecule has 3 heterocycles. The molecule has 0 saturated carbocycles. The van der Waals surface area contributed by atoms with Crippen LogP contribution in [0.4, 0.5) is 5.95 Å². The first-order valence-corrected chi connectivity index (χ1v) is 8.12. The maximum Gasteiger partial charge on any atom is 0.249 e. The first kappa shape index (κ1) is 16.5. The van der Waals surface area contributed by atoms with Crippen molar-refractivity contribution in [3.05, 3.63) is 66.6 Å². The Hall–Kier alpha value is -4.01. The van der Waals surface area contributed by atoms with Crippen LogP contribution in [0.25, 0.3) is 16.8 Å². The van der Waals surface area contributed by atoms with Crippen molar-refractivity contribution in [3.8, 4) is 11.1 Å². The highest BCUT2D eigenvalue weighted by atomic mass is 16.2. The van der Waals surface area contributed by atoms with Crippen molar-refractivity contribution < 1.29 is 9.59 Å². The summed E-state index contributed by atoms with van der Waals surface area (Å²) in [7, 11) is 0. The number of nitrogens with one attached hydrogen (secondary N) is 1. The normalized spacial score (nSPS) is 10.8. The van der Waals surface area contributed by atoms with E-state index in [1.807, 2.05) is 12.1 Å². The molecule has 0 radical (unpaired) electrons. The van der Waals surface area contributed by atoms with Crippen molar-refractivity contribution >= 4 is 23.4 Å². The smallest absolute Gasteiger partial charge is 0.249 e. The van der Waals surface area contributed by atoms with E-state index in [-0.39, 0.29) is 18.4 Å². The molecule has 27 heavy (non-hydrogen) atoms. The summed E-state index contributed by atoms with van der Waals surface area (Å²) in [6.07, 6.45) is 5.07. The number of amides is 2. The van der Waals surface area contributed by atoms with E-state index in [1.54, 1.807) is 53.4 Å². The molecule has 0 aliphatic carbocycles. The lowest BCUT2D eigenvalue weighted by Gasteiger charge is -2.03. The lowest BCUT2D eigenvalue weighted by Crippen LogP contribution is -2.19. The molecule has 2 amide bonds. The third-order valence-corrected chi connectivity index (χ3v) is 3.93. The fourth-order valence-electron chi connectivity index (χ4n) is 2.66. The Labute approximate surface area is 153 Å². The van der Waals surface area contributed by atoms with Crippen LogP contribution in [-0.4, -0.2) is 36.2 Å². The number of anilines is 1. The molecule has 3 N–H and O–H groups in total. The van der Waals surface area contributed by atoms with Gasteiger partial charge in [0.1, 0.15) is 6.54 Å². The molecule has 4 aromatic rings. The summed E-state index contributed by atoms with van der Waals surface area (Å²) in [4.78, 5) is 27.7. The van der Waals surface area contributed by atoms with Crippen molar-refractivity contribution in [1.29, 1.82) is 0 Å². The van der Waals surface area contributed by atoms with Crippen LogP contribution in [0.15, 0.2) is 61.1 Å². The maximum absolute atomic E-state index is 12.0. The first-order valence-electron chi connectivity index (χ1n) is 8.12. The highest BCUT2D eigenvalue weighted by molar-refractivity contribution is 5.94. The van der Waals surface area contributed by atoms with Gasteiger partial charge < -0.3 is 5.73 Å². The molecule has 134 valence electrons. The van der Waals surface area contributed by atoms with Gasteiger partial charge >= 0.3 is 0 Å². The molecule has 0 aliphatic rings. The highest BCUT2D eigenvalue weighted by Gasteiger charge is 2.10. The fraction of sp³-hybridized carbons (Fsp3) is 0.0556. The van der Waals surface area contributed by atoms with Gasteiger partial charge in [0.25, 0.3) is 0 Å². The summed E-state index contributed by atoms with van der Waals surface area (Å²) in [5.74, 6) is -0.556. The van der Waals surface area contributed by atoms with Crippen LogP contribution in [-0.2, 0) is 11.3 Å². The maximum atomic E-state index is 12.0. The van der Waals surface area contributed by atoms with E-state index in [0.717, 1.165) is 11.1 Å². The molecular weight excluding hydrogens is 346 g/mol. The molecule has 4 rings (SSSR count). The number of benzene rings is 1. The van der Waals surface area contributed by atoms with Crippen molar-refractivity contribution in [2.24, 2.45) is 5.73 Å². The van der Waals surface area contributed by atoms with Gasteiger partial charge in [-0.05, 0) is 35.9 Å². The minimum absolute atomic E-state index is 0.0771. The van der Waals surface area contributed by atoms with E-state index in [4.69, 9.17) is 5.73 Å². The van der Waals surface area contributed by atoms with E-state index >= 15 is 0 Å². The summed E-state index contributed by atoms with van der Waals surface area (Å²) in [5, 5.41) is 10.9. The summed E-state index contributed by atoms with van der Waals surface area (Å²) < 4.78 is 3.07. The minimum atomic E-state index is -0.485. The van der Waals surface area contributed by atoms with E-state index in [2.05, 4.69) is 20.5 Å². The van der Waals surface area contributed by atoms with Crippen LogP contribution >= 0.6 is 0 Å². The summed E-state index contributed by atoms with van der Waals surface area (Å²) >= 11 is 0. The third kappa shape index (κ3) is 3.52. The molecule has 0 fully saturated rings. The number of nitrogens with zero attached hydrogens (tertiary/aromatic N) is 5. The average Bonchev–Trinajstić information content (AvgIpc) is 3.30. The number of rotatable bonds is 5. The number of pyridine rings is 1. The average molecular weight is 361 g/mol. The topological polar surface area (TPSA) is 120 Å². The zero-order chi connectivity index (χ0) is 18.8. The Kier molecular flexibility index (Phi) is 4.09. The lowest BCUT2D eigenvalue weighted by atomic mass is 10.0. The molecular formula is C18H15N7O2. The predicted octanol–water partition coefficient (Wildman–Crippen LogP) is 1.33. The van der Waals surface area contributed by atoms with Crippen LogP contribution in [0.3, 0.4) is 0 Å². The van der Waals surface area contributed by atoms with E-state index in [9.17, 15) is 9.59 Å². The first-order chi connectivity index (χ1) is 13.1. The number of hydrogen-bond donors (Lipinski definition) is 2. The molecule has 9 heteroatoms. The fourth-order valence-corrected chi connectivity index (χ4v) is 2.66. The second kappa shape index (κ2) is 6.71. The molecule has 1 aromatic carbocycles. The van der Waals surface area contributed by atoms with Gasteiger partial charge in [-0.1, -0.05) is 12.1 Å². The highest BCUT2D eigenvalue weighted by Crippen LogP contribution is 2.21. The number of aromatic nitrogens is 5. The zero-order valence-corrected chi connectivity index (χ0v) is 14.1. The molecule has 0 bridgehead atoms. The molecule has 0 saturated heterocycles. The van der Waals surface area contributed by atoms with Crippen LogP contribution in [0.1, 0.15) is 10.4 Å². The van der Waals surface area contributed by atoms with Gasteiger partial charge in [-0.2, -0.15) is 10.1 Å². The Morgan fingerprint density at radius 3 is 2.78 bits per heavy atom. The summed E-state index contributed by atoms with van der Waals surface area (Å²) in [5.41, 5.74) is 8.01. The second-order valence-corrected chi connectivity index (χ2v) is 5.85. The molecule has 0 unspecified atom stereocenters. The summed E-state index contributed by atoms with van der Waals surface area (Å²) in [6.45, 7) is 0.0771. The predicted molar refractivity (Wildman–Crippen MR) is 97.8 cm³/mol. The van der Waals surface area contributed by atoms with Gasteiger partial charge in [0.2, 0.25) is 17.8 Å². The molecule has 0 aliphatic heterocycles. The second-order valence-electron chi connectivity index (χ2n) is 5.85. The van der Waals surface area contributed by atoms with E-state index < -0.39 is 5.91 Å². The Bertz CT molecular complexity index is 1130. The lowest BCUT2D eigenvalue weighted by molar-refractivity contribution is -0.116. The van der Waals surface area contributed by atoms with Gasteiger partial charge in [0.05, 0.1) is 0 Å². The molecule has 0 atom stereocenters. The van der Waals surface area contributed by atoms with E-state index in [0.29, 0.717) is 11.2 Å². The van der Waals surface area contributed by atoms with Crippen molar-refractivity contribution in [1.82, 2.24) is 24.4 Å². The monoisotopic (exact) mass is 361 g/mol. The van der Waals surface area contributed by atoms with Crippen LogP contribution < -0.4 is 11.1 Å². The van der Waals surface area contributed by atoms with Crippen LogP contribution in [0.2, 0.25) is 0 Å². The Morgan fingerprint density at radius 1 is 1.11 bits per heavy atom. The van der Waals surface area contributed by atoms with Gasteiger partial charge in [-0.3, -0.25) is 19.6 Å². The summed E-state index contributed by atoms with van der Waals surface area (Å²) in [6, 6.07) is 12.4. The van der Waals surface area contributed by atoms with Crippen molar-refractivity contribution in [2.75, 3.05) is 5.32 Å². The number of fused-ring (bicyclic) bond motifs is 1. The van der Waals surface area contributed by atoms with Crippen LogP contribution in [0.5, 0.6) is 0 Å². The Balaban J connectivity index is 1.57. The molecule has 0 spiro atoms. The number of primary amides is 1. The van der Waals surface area contributed by atoms with Gasteiger partial charge in [-0.15, -0.1) is 5.10 Å². The quantitative estimate of drug-likeness (QED) is 0.556.